The topological polar surface area (TPSA) is 35.6 Å². The molecule has 2 amide bonds. The van der Waals surface area contributed by atoms with Crippen molar-refractivity contribution in [3.05, 3.63) is 59.9 Å². The number of halogens is 4. The van der Waals surface area contributed by atoms with Crippen molar-refractivity contribution in [2.24, 2.45) is 0 Å². The number of nitrogens with zero attached hydrogens (tertiary/aromatic N) is 2. The molecular formula is C18H17F4N3O. The SMILES string of the molecule is O=C(Nc1ccc(F)cc1)N1CCN(c2ccc(C(F)(F)F)cc2)CC1. The summed E-state index contributed by atoms with van der Waals surface area (Å²) in [7, 11) is 0. The van der Waals surface area contributed by atoms with Crippen LogP contribution in [-0.4, -0.2) is 37.1 Å². The average Bonchev–Trinajstić information content (AvgIpc) is 2.63. The van der Waals surface area contributed by atoms with Gasteiger partial charge in [-0.3, -0.25) is 0 Å². The first-order valence-electron chi connectivity index (χ1n) is 8.06. The van der Waals surface area contributed by atoms with Gasteiger partial charge < -0.3 is 15.1 Å². The monoisotopic (exact) mass is 367 g/mol. The third-order valence-electron chi connectivity index (χ3n) is 4.22. The number of hydrogen-bond acceptors (Lipinski definition) is 2. The zero-order chi connectivity index (χ0) is 18.7. The van der Waals surface area contributed by atoms with Crippen LogP contribution in [0.15, 0.2) is 48.5 Å². The van der Waals surface area contributed by atoms with Crippen molar-refractivity contribution < 1.29 is 22.4 Å². The molecule has 1 N–H and O–H groups in total. The minimum atomic E-state index is -4.35. The van der Waals surface area contributed by atoms with E-state index in [4.69, 9.17) is 0 Å². The Morgan fingerprint density at radius 3 is 2.00 bits per heavy atom. The molecule has 1 heterocycles. The second-order valence-electron chi connectivity index (χ2n) is 5.96. The summed E-state index contributed by atoms with van der Waals surface area (Å²) in [6.07, 6.45) is -4.35. The number of rotatable bonds is 2. The van der Waals surface area contributed by atoms with Gasteiger partial charge in [0, 0.05) is 37.6 Å². The van der Waals surface area contributed by atoms with Crippen LogP contribution in [0, 0.1) is 5.82 Å². The van der Waals surface area contributed by atoms with Gasteiger partial charge in [-0.25, -0.2) is 9.18 Å². The highest BCUT2D eigenvalue weighted by Gasteiger charge is 2.30. The largest absolute Gasteiger partial charge is 0.416 e. The van der Waals surface area contributed by atoms with E-state index in [0.29, 0.717) is 37.6 Å². The van der Waals surface area contributed by atoms with E-state index in [1.807, 2.05) is 4.90 Å². The molecule has 2 aromatic carbocycles. The van der Waals surface area contributed by atoms with Crippen molar-refractivity contribution in [2.45, 2.75) is 6.18 Å². The number of urea groups is 1. The first-order valence-corrected chi connectivity index (χ1v) is 8.06. The van der Waals surface area contributed by atoms with Crippen LogP contribution in [0.3, 0.4) is 0 Å². The lowest BCUT2D eigenvalue weighted by atomic mass is 10.1. The Hall–Kier alpha value is -2.77. The van der Waals surface area contributed by atoms with Crippen molar-refractivity contribution >= 4 is 17.4 Å². The number of amides is 2. The Labute approximate surface area is 148 Å². The van der Waals surface area contributed by atoms with E-state index < -0.39 is 11.7 Å². The van der Waals surface area contributed by atoms with Gasteiger partial charge >= 0.3 is 12.2 Å². The second-order valence-corrected chi connectivity index (χ2v) is 5.96. The molecule has 26 heavy (non-hydrogen) atoms. The van der Waals surface area contributed by atoms with E-state index in [0.717, 1.165) is 12.1 Å². The summed E-state index contributed by atoms with van der Waals surface area (Å²) in [6.45, 7) is 1.91. The van der Waals surface area contributed by atoms with E-state index in [1.165, 1.54) is 36.4 Å². The van der Waals surface area contributed by atoms with Crippen molar-refractivity contribution in [1.82, 2.24) is 4.90 Å². The van der Waals surface area contributed by atoms with Gasteiger partial charge in [-0.2, -0.15) is 13.2 Å². The Balaban J connectivity index is 1.55. The first-order chi connectivity index (χ1) is 12.3. The van der Waals surface area contributed by atoms with Crippen LogP contribution in [-0.2, 0) is 6.18 Å². The number of hydrogen-bond donors (Lipinski definition) is 1. The molecule has 4 nitrogen and oxygen atoms in total. The summed E-state index contributed by atoms with van der Waals surface area (Å²) in [5, 5.41) is 2.69. The quantitative estimate of drug-likeness (QED) is 0.808. The van der Waals surface area contributed by atoms with Gasteiger partial charge in [0.15, 0.2) is 0 Å². The number of piperazine rings is 1. The van der Waals surface area contributed by atoms with Crippen molar-refractivity contribution in [1.29, 1.82) is 0 Å². The Morgan fingerprint density at radius 1 is 0.885 bits per heavy atom. The molecule has 0 bridgehead atoms. The van der Waals surface area contributed by atoms with Gasteiger partial charge in [-0.1, -0.05) is 0 Å². The lowest BCUT2D eigenvalue weighted by Gasteiger charge is -2.36. The fraction of sp³-hybridized carbons (Fsp3) is 0.278. The molecule has 0 spiro atoms. The van der Waals surface area contributed by atoms with Crippen molar-refractivity contribution in [3.8, 4) is 0 Å². The third-order valence-corrected chi connectivity index (χ3v) is 4.22. The summed E-state index contributed by atoms with van der Waals surface area (Å²) in [5.41, 5.74) is 0.511. The van der Waals surface area contributed by atoms with Crippen LogP contribution < -0.4 is 10.2 Å². The minimum Gasteiger partial charge on any atom is -0.368 e. The van der Waals surface area contributed by atoms with Gasteiger partial charge in [0.2, 0.25) is 0 Å². The lowest BCUT2D eigenvalue weighted by Crippen LogP contribution is -2.50. The lowest BCUT2D eigenvalue weighted by molar-refractivity contribution is -0.137. The summed E-state index contributed by atoms with van der Waals surface area (Å²) in [5.74, 6) is -0.381. The van der Waals surface area contributed by atoms with Crippen LogP contribution in [0.4, 0.5) is 33.7 Å². The third kappa shape index (κ3) is 4.25. The molecule has 0 aliphatic carbocycles. The Morgan fingerprint density at radius 2 is 1.46 bits per heavy atom. The predicted octanol–water partition coefficient (Wildman–Crippen LogP) is 4.20. The molecule has 1 aliphatic heterocycles. The Bertz CT molecular complexity index is 752. The van der Waals surface area contributed by atoms with Crippen LogP contribution >= 0.6 is 0 Å². The van der Waals surface area contributed by atoms with Crippen LogP contribution in [0.5, 0.6) is 0 Å². The van der Waals surface area contributed by atoms with Gasteiger partial charge in [-0.05, 0) is 48.5 Å². The molecule has 0 unspecified atom stereocenters. The number of carbonyl (C=O) groups is 1. The number of nitrogens with one attached hydrogen (secondary N) is 1. The highest BCUT2D eigenvalue weighted by Crippen LogP contribution is 2.30. The van der Waals surface area contributed by atoms with Crippen LogP contribution in [0.25, 0.3) is 0 Å². The molecule has 138 valence electrons. The summed E-state index contributed by atoms with van der Waals surface area (Å²) >= 11 is 0. The molecule has 8 heteroatoms. The molecule has 3 rings (SSSR count). The standard InChI is InChI=1S/C18H17F4N3O/c19-14-3-5-15(6-4-14)23-17(26)25-11-9-24(10-12-25)16-7-1-13(2-8-16)18(20,21)22/h1-8H,9-12H2,(H,23,26). The highest BCUT2D eigenvalue weighted by molar-refractivity contribution is 5.89. The van der Waals surface area contributed by atoms with Crippen LogP contribution in [0.2, 0.25) is 0 Å². The van der Waals surface area contributed by atoms with E-state index in [-0.39, 0.29) is 11.8 Å². The predicted molar refractivity (Wildman–Crippen MR) is 90.6 cm³/mol. The van der Waals surface area contributed by atoms with E-state index in [2.05, 4.69) is 5.32 Å². The maximum Gasteiger partial charge on any atom is 0.416 e. The Kier molecular flexibility index (Phi) is 5.01. The van der Waals surface area contributed by atoms with Crippen LogP contribution in [0.1, 0.15) is 5.56 Å². The molecular weight excluding hydrogens is 350 g/mol. The average molecular weight is 367 g/mol. The van der Waals surface area contributed by atoms with Gasteiger partial charge in [0.05, 0.1) is 5.56 Å². The smallest absolute Gasteiger partial charge is 0.368 e. The minimum absolute atomic E-state index is 0.288. The van der Waals surface area contributed by atoms with E-state index in [9.17, 15) is 22.4 Å². The number of carbonyl (C=O) groups excluding carboxylic acids is 1. The number of anilines is 2. The first kappa shape index (κ1) is 18.0. The molecule has 0 radical (unpaired) electrons. The van der Waals surface area contributed by atoms with E-state index >= 15 is 0 Å². The molecule has 1 fully saturated rings. The zero-order valence-electron chi connectivity index (χ0n) is 13.8. The summed E-state index contributed by atoms with van der Waals surface area (Å²) in [6, 6.07) is 10.2. The second kappa shape index (κ2) is 7.23. The van der Waals surface area contributed by atoms with Crippen molar-refractivity contribution in [2.75, 3.05) is 36.4 Å². The van der Waals surface area contributed by atoms with Gasteiger partial charge in [0.25, 0.3) is 0 Å². The van der Waals surface area contributed by atoms with Gasteiger partial charge in [-0.15, -0.1) is 0 Å². The zero-order valence-corrected chi connectivity index (χ0v) is 13.8. The van der Waals surface area contributed by atoms with Crippen molar-refractivity contribution in [3.63, 3.8) is 0 Å². The molecule has 0 aromatic heterocycles. The maximum absolute atomic E-state index is 12.9. The fourth-order valence-corrected chi connectivity index (χ4v) is 2.76. The molecule has 2 aromatic rings. The fourth-order valence-electron chi connectivity index (χ4n) is 2.76. The van der Waals surface area contributed by atoms with Gasteiger partial charge in [0.1, 0.15) is 5.82 Å². The number of alkyl halides is 3. The summed E-state index contributed by atoms with van der Waals surface area (Å²) < 4.78 is 50.7. The molecule has 1 saturated heterocycles. The molecule has 0 atom stereocenters. The molecule has 0 saturated carbocycles. The number of benzene rings is 2. The maximum atomic E-state index is 12.9. The highest BCUT2D eigenvalue weighted by atomic mass is 19.4. The normalized spacial score (nSPS) is 15.1. The van der Waals surface area contributed by atoms with E-state index in [1.54, 1.807) is 4.90 Å². The molecule has 1 aliphatic rings. The summed E-state index contributed by atoms with van der Waals surface area (Å²) in [4.78, 5) is 15.8.